The third-order valence-corrected chi connectivity index (χ3v) is 5.32. The van der Waals surface area contributed by atoms with Crippen LogP contribution in [0.3, 0.4) is 0 Å². The van der Waals surface area contributed by atoms with E-state index in [1.54, 1.807) is 24.3 Å². The molecule has 0 radical (unpaired) electrons. The molecule has 0 fully saturated rings. The summed E-state index contributed by atoms with van der Waals surface area (Å²) >= 11 is 5.83. The Kier molecular flexibility index (Phi) is 3.18. The summed E-state index contributed by atoms with van der Waals surface area (Å²) in [6, 6.07) is 10.6. The fourth-order valence-electron chi connectivity index (χ4n) is 2.37. The number of nitrogens with zero attached hydrogens (tertiary/aromatic N) is 1. The molecule has 2 aromatic rings. The highest BCUT2D eigenvalue weighted by molar-refractivity contribution is 7.92. The molecule has 0 saturated carbocycles. The van der Waals surface area contributed by atoms with Crippen LogP contribution in [0.2, 0.25) is 5.02 Å². The van der Waals surface area contributed by atoms with Gasteiger partial charge >= 0.3 is 0 Å². The summed E-state index contributed by atoms with van der Waals surface area (Å²) in [5.41, 5.74) is 0.850. The van der Waals surface area contributed by atoms with E-state index in [1.807, 2.05) is 0 Å². The first-order valence-electron chi connectivity index (χ1n) is 6.06. The summed E-state index contributed by atoms with van der Waals surface area (Å²) in [6.45, 7) is 0.241. The van der Waals surface area contributed by atoms with Crippen LogP contribution in [-0.4, -0.2) is 15.0 Å². The first-order chi connectivity index (χ1) is 9.50. The van der Waals surface area contributed by atoms with Gasteiger partial charge in [0.2, 0.25) is 0 Å². The summed E-state index contributed by atoms with van der Waals surface area (Å²) < 4.78 is 40.3. The Morgan fingerprint density at radius 3 is 2.65 bits per heavy atom. The average Bonchev–Trinajstić information content (AvgIpc) is 2.85. The van der Waals surface area contributed by atoms with E-state index in [2.05, 4.69) is 0 Å². The molecule has 0 saturated heterocycles. The molecular weight excluding hydrogens is 301 g/mol. The molecule has 0 amide bonds. The molecule has 3 nitrogen and oxygen atoms in total. The van der Waals surface area contributed by atoms with Gasteiger partial charge in [-0.15, -0.1) is 0 Å². The van der Waals surface area contributed by atoms with Crippen LogP contribution in [-0.2, 0) is 16.4 Å². The molecule has 2 aromatic carbocycles. The van der Waals surface area contributed by atoms with Gasteiger partial charge in [0.25, 0.3) is 10.0 Å². The van der Waals surface area contributed by atoms with Crippen LogP contribution in [0.15, 0.2) is 47.4 Å². The standard InChI is InChI=1S/C14H11ClFNO2S/c15-11-4-2-5-12(9-11)20(18,19)17-8-7-10-3-1-6-13(16)14(10)17/h1-6,9H,7-8H2. The molecule has 0 unspecified atom stereocenters. The smallest absolute Gasteiger partial charge is 0.263 e. The number of anilines is 1. The van der Waals surface area contributed by atoms with Crippen LogP contribution < -0.4 is 4.31 Å². The molecule has 0 spiro atoms. The van der Waals surface area contributed by atoms with Gasteiger partial charge in [-0.3, -0.25) is 4.31 Å². The van der Waals surface area contributed by atoms with Crippen LogP contribution in [0.1, 0.15) is 5.56 Å². The Balaban J connectivity index is 2.12. The van der Waals surface area contributed by atoms with Gasteiger partial charge < -0.3 is 0 Å². The predicted octanol–water partition coefficient (Wildman–Crippen LogP) is 3.23. The van der Waals surface area contributed by atoms with E-state index < -0.39 is 15.8 Å². The van der Waals surface area contributed by atoms with E-state index in [0.717, 1.165) is 4.31 Å². The summed E-state index contributed by atoms with van der Waals surface area (Å²) in [6.07, 6.45) is 0.507. The zero-order chi connectivity index (χ0) is 14.3. The average molecular weight is 312 g/mol. The Bertz CT molecular complexity index is 776. The maximum Gasteiger partial charge on any atom is 0.264 e. The second-order valence-corrected chi connectivity index (χ2v) is 6.83. The second-order valence-electron chi connectivity index (χ2n) is 4.53. The number of halogens is 2. The van der Waals surface area contributed by atoms with Gasteiger partial charge in [-0.1, -0.05) is 29.8 Å². The van der Waals surface area contributed by atoms with Crippen molar-refractivity contribution in [3.63, 3.8) is 0 Å². The molecule has 1 aliphatic heterocycles. The molecule has 3 rings (SSSR count). The van der Waals surface area contributed by atoms with Crippen LogP contribution in [0.5, 0.6) is 0 Å². The lowest BCUT2D eigenvalue weighted by molar-refractivity contribution is 0.588. The quantitative estimate of drug-likeness (QED) is 0.854. The van der Waals surface area contributed by atoms with Crippen molar-refractivity contribution in [3.8, 4) is 0 Å². The van der Waals surface area contributed by atoms with E-state index in [-0.39, 0.29) is 17.1 Å². The summed E-state index contributed by atoms with van der Waals surface area (Å²) in [5, 5.41) is 0.332. The minimum absolute atomic E-state index is 0.0705. The molecule has 1 heterocycles. The number of sulfonamides is 1. The van der Waals surface area contributed by atoms with Gasteiger partial charge in [0.15, 0.2) is 0 Å². The zero-order valence-corrected chi connectivity index (χ0v) is 12.0. The van der Waals surface area contributed by atoms with Crippen molar-refractivity contribution in [2.75, 3.05) is 10.8 Å². The van der Waals surface area contributed by atoms with E-state index in [0.29, 0.717) is 17.0 Å². The second kappa shape index (κ2) is 4.75. The third-order valence-electron chi connectivity index (χ3n) is 3.29. The Hall–Kier alpha value is -1.59. The number of hydrogen-bond donors (Lipinski definition) is 0. The normalized spacial score (nSPS) is 14.4. The maximum atomic E-state index is 13.9. The highest BCUT2D eigenvalue weighted by atomic mass is 35.5. The van der Waals surface area contributed by atoms with Gasteiger partial charge in [-0.25, -0.2) is 12.8 Å². The minimum atomic E-state index is -3.79. The third kappa shape index (κ3) is 2.07. The molecule has 0 N–H and O–H groups in total. The largest absolute Gasteiger partial charge is 0.264 e. The van der Waals surface area contributed by atoms with Gasteiger partial charge in [-0.05, 0) is 36.2 Å². The van der Waals surface area contributed by atoms with Crippen LogP contribution >= 0.6 is 11.6 Å². The molecule has 1 aliphatic rings. The van der Waals surface area contributed by atoms with Gasteiger partial charge in [0.1, 0.15) is 5.82 Å². The zero-order valence-electron chi connectivity index (χ0n) is 10.4. The highest BCUT2D eigenvalue weighted by Crippen LogP contribution is 2.35. The van der Waals surface area contributed by atoms with Crippen LogP contribution in [0.4, 0.5) is 10.1 Å². The predicted molar refractivity (Wildman–Crippen MR) is 76.1 cm³/mol. The van der Waals surface area contributed by atoms with Crippen molar-refractivity contribution in [1.29, 1.82) is 0 Å². The number of fused-ring (bicyclic) bond motifs is 1. The van der Waals surface area contributed by atoms with Crippen molar-refractivity contribution in [1.82, 2.24) is 0 Å². The Morgan fingerprint density at radius 2 is 1.90 bits per heavy atom. The Labute approximate surface area is 121 Å². The lowest BCUT2D eigenvalue weighted by Gasteiger charge is -2.20. The van der Waals surface area contributed by atoms with E-state index in [4.69, 9.17) is 11.6 Å². The Morgan fingerprint density at radius 1 is 1.15 bits per heavy atom. The van der Waals surface area contributed by atoms with Crippen LogP contribution in [0, 0.1) is 5.82 Å². The lowest BCUT2D eigenvalue weighted by Crippen LogP contribution is -2.29. The van der Waals surface area contributed by atoms with E-state index in [1.165, 1.54) is 18.2 Å². The summed E-state index contributed by atoms with van der Waals surface area (Å²) in [7, 11) is -3.79. The molecule has 0 atom stereocenters. The molecular formula is C14H11ClFNO2S. The summed E-state index contributed by atoms with van der Waals surface area (Å²) in [4.78, 5) is 0.0705. The van der Waals surface area contributed by atoms with E-state index in [9.17, 15) is 12.8 Å². The van der Waals surface area contributed by atoms with Gasteiger partial charge in [0, 0.05) is 11.6 Å². The van der Waals surface area contributed by atoms with Gasteiger partial charge in [-0.2, -0.15) is 0 Å². The molecule has 20 heavy (non-hydrogen) atoms. The molecule has 6 heteroatoms. The first kappa shape index (κ1) is 13.4. The fourth-order valence-corrected chi connectivity index (χ4v) is 4.18. The molecule has 104 valence electrons. The van der Waals surface area contributed by atoms with Crippen LogP contribution in [0.25, 0.3) is 0 Å². The number of benzene rings is 2. The number of rotatable bonds is 2. The van der Waals surface area contributed by atoms with Crippen molar-refractivity contribution in [2.45, 2.75) is 11.3 Å². The van der Waals surface area contributed by atoms with Crippen molar-refractivity contribution in [3.05, 3.63) is 58.9 Å². The van der Waals surface area contributed by atoms with Gasteiger partial charge in [0.05, 0.1) is 10.6 Å². The van der Waals surface area contributed by atoms with Crippen molar-refractivity contribution >= 4 is 27.3 Å². The SMILES string of the molecule is O=S(=O)(c1cccc(Cl)c1)N1CCc2cccc(F)c21. The molecule has 0 aliphatic carbocycles. The van der Waals surface area contributed by atoms with Crippen molar-refractivity contribution in [2.24, 2.45) is 0 Å². The fraction of sp³-hybridized carbons (Fsp3) is 0.143. The minimum Gasteiger partial charge on any atom is -0.263 e. The topological polar surface area (TPSA) is 37.4 Å². The monoisotopic (exact) mass is 311 g/mol. The highest BCUT2D eigenvalue weighted by Gasteiger charge is 2.33. The first-order valence-corrected chi connectivity index (χ1v) is 7.87. The molecule has 0 bridgehead atoms. The van der Waals surface area contributed by atoms with Crippen molar-refractivity contribution < 1.29 is 12.8 Å². The number of hydrogen-bond acceptors (Lipinski definition) is 2. The summed E-state index contributed by atoms with van der Waals surface area (Å²) in [5.74, 6) is -0.523. The molecule has 0 aromatic heterocycles. The number of para-hydroxylation sites is 1. The van der Waals surface area contributed by atoms with E-state index >= 15 is 0 Å². The maximum absolute atomic E-state index is 13.9. The lowest BCUT2D eigenvalue weighted by atomic mass is 10.2.